The Bertz CT molecular complexity index is 440. The number of rotatable bonds is 6. The Balaban J connectivity index is 1.60. The Labute approximate surface area is 121 Å². The largest absolute Gasteiger partial charge is 0.354 e. The second-order valence-electron chi connectivity index (χ2n) is 4.08. The average molecular weight is 296 g/mol. The summed E-state index contributed by atoms with van der Waals surface area (Å²) in [5.74, 6) is 1.93. The molecule has 0 bridgehead atoms. The third-order valence-electron chi connectivity index (χ3n) is 2.60. The Morgan fingerprint density at radius 1 is 1.37 bits per heavy atom. The van der Waals surface area contributed by atoms with Crippen LogP contribution in [0.4, 0.5) is 0 Å². The van der Waals surface area contributed by atoms with Crippen LogP contribution in [0.25, 0.3) is 0 Å². The predicted molar refractivity (Wildman–Crippen MR) is 79.2 cm³/mol. The summed E-state index contributed by atoms with van der Waals surface area (Å²) in [6.07, 6.45) is 0. The fourth-order valence-electron chi connectivity index (χ4n) is 1.65. The van der Waals surface area contributed by atoms with Gasteiger partial charge in [-0.05, 0) is 12.1 Å². The molecule has 0 aliphatic carbocycles. The maximum absolute atomic E-state index is 11.6. The zero-order valence-corrected chi connectivity index (χ0v) is 12.1. The van der Waals surface area contributed by atoms with Gasteiger partial charge in [-0.1, -0.05) is 18.2 Å². The number of amides is 2. The van der Waals surface area contributed by atoms with Crippen molar-refractivity contribution in [1.29, 1.82) is 0 Å². The lowest BCUT2D eigenvalue weighted by atomic mass is 10.4. The molecule has 1 aromatic carbocycles. The van der Waals surface area contributed by atoms with E-state index in [1.54, 1.807) is 28.4 Å². The van der Waals surface area contributed by atoms with Gasteiger partial charge in [0.1, 0.15) is 6.54 Å². The van der Waals surface area contributed by atoms with Crippen LogP contribution >= 0.6 is 23.5 Å². The van der Waals surface area contributed by atoms with Crippen LogP contribution in [-0.4, -0.2) is 47.2 Å². The maximum Gasteiger partial charge on any atom is 0.239 e. The lowest BCUT2D eigenvalue weighted by Crippen LogP contribution is -2.38. The third-order valence-corrected chi connectivity index (χ3v) is 4.56. The Morgan fingerprint density at radius 3 is 2.84 bits per heavy atom. The van der Waals surface area contributed by atoms with Gasteiger partial charge in [0.15, 0.2) is 0 Å². The van der Waals surface area contributed by atoms with E-state index in [4.69, 9.17) is 0 Å². The summed E-state index contributed by atoms with van der Waals surface area (Å²) in [6, 6.07) is 10.1. The van der Waals surface area contributed by atoms with Crippen molar-refractivity contribution >= 4 is 35.3 Å². The fraction of sp³-hybridized carbons (Fsp3) is 0.385. The standard InChI is InChI=1S/C13H16N2O2S2/c16-12(8-15-10-18-9-13(15)17)14-6-7-19-11-4-2-1-3-5-11/h1-5H,6-10H2,(H,14,16). The van der Waals surface area contributed by atoms with Gasteiger partial charge in [0.25, 0.3) is 0 Å². The second-order valence-corrected chi connectivity index (χ2v) is 6.20. The van der Waals surface area contributed by atoms with Gasteiger partial charge in [0, 0.05) is 17.2 Å². The second kappa shape index (κ2) is 7.45. The van der Waals surface area contributed by atoms with E-state index in [2.05, 4.69) is 5.32 Å². The van der Waals surface area contributed by atoms with E-state index in [1.165, 1.54) is 4.90 Å². The molecule has 0 aromatic heterocycles. The van der Waals surface area contributed by atoms with Crippen molar-refractivity contribution in [3.8, 4) is 0 Å². The van der Waals surface area contributed by atoms with Crippen molar-refractivity contribution in [2.75, 3.05) is 30.5 Å². The minimum Gasteiger partial charge on any atom is -0.354 e. The summed E-state index contributed by atoms with van der Waals surface area (Å²) >= 11 is 3.26. The molecule has 2 rings (SSSR count). The van der Waals surface area contributed by atoms with E-state index in [-0.39, 0.29) is 18.4 Å². The first-order valence-corrected chi connectivity index (χ1v) is 8.20. The van der Waals surface area contributed by atoms with E-state index in [0.29, 0.717) is 18.2 Å². The zero-order valence-electron chi connectivity index (χ0n) is 10.5. The van der Waals surface area contributed by atoms with Crippen LogP contribution in [0.3, 0.4) is 0 Å². The molecule has 1 heterocycles. The molecule has 1 N–H and O–H groups in total. The van der Waals surface area contributed by atoms with E-state index >= 15 is 0 Å². The lowest BCUT2D eigenvalue weighted by molar-refractivity contribution is -0.132. The molecule has 2 amide bonds. The molecule has 1 aliphatic heterocycles. The fourth-order valence-corrected chi connectivity index (χ4v) is 3.34. The van der Waals surface area contributed by atoms with Crippen molar-refractivity contribution in [3.05, 3.63) is 30.3 Å². The Hall–Kier alpha value is -1.14. The van der Waals surface area contributed by atoms with Gasteiger partial charge in [-0.2, -0.15) is 0 Å². The highest BCUT2D eigenvalue weighted by Gasteiger charge is 2.22. The molecule has 1 aliphatic rings. The number of carbonyl (C=O) groups excluding carboxylic acids is 2. The molecule has 0 radical (unpaired) electrons. The van der Waals surface area contributed by atoms with Crippen molar-refractivity contribution in [2.24, 2.45) is 0 Å². The summed E-state index contributed by atoms with van der Waals surface area (Å²) in [4.78, 5) is 25.8. The van der Waals surface area contributed by atoms with Gasteiger partial charge < -0.3 is 10.2 Å². The highest BCUT2D eigenvalue weighted by Crippen LogP contribution is 2.16. The Kier molecular flexibility index (Phi) is 5.60. The van der Waals surface area contributed by atoms with Crippen LogP contribution in [-0.2, 0) is 9.59 Å². The summed E-state index contributed by atoms with van der Waals surface area (Å²) < 4.78 is 0. The number of nitrogens with one attached hydrogen (secondary N) is 1. The quantitative estimate of drug-likeness (QED) is 0.637. The molecule has 0 unspecified atom stereocenters. The minimum absolute atomic E-state index is 0.0545. The first-order chi connectivity index (χ1) is 9.25. The highest BCUT2D eigenvalue weighted by molar-refractivity contribution is 8.00. The molecule has 0 atom stereocenters. The van der Waals surface area contributed by atoms with Crippen LogP contribution < -0.4 is 5.32 Å². The van der Waals surface area contributed by atoms with Gasteiger partial charge in [-0.15, -0.1) is 23.5 Å². The Morgan fingerprint density at radius 2 is 2.16 bits per heavy atom. The van der Waals surface area contributed by atoms with Gasteiger partial charge in [-0.25, -0.2) is 0 Å². The number of benzene rings is 1. The average Bonchev–Trinajstić information content (AvgIpc) is 2.82. The van der Waals surface area contributed by atoms with Crippen LogP contribution in [0.5, 0.6) is 0 Å². The van der Waals surface area contributed by atoms with Crippen molar-refractivity contribution < 1.29 is 9.59 Å². The van der Waals surface area contributed by atoms with E-state index in [1.807, 2.05) is 30.3 Å². The van der Waals surface area contributed by atoms with Crippen LogP contribution in [0.1, 0.15) is 0 Å². The van der Waals surface area contributed by atoms with Crippen molar-refractivity contribution in [3.63, 3.8) is 0 Å². The first kappa shape index (κ1) is 14.3. The van der Waals surface area contributed by atoms with E-state index in [9.17, 15) is 9.59 Å². The molecule has 19 heavy (non-hydrogen) atoms. The molecule has 1 aromatic rings. The normalized spacial score (nSPS) is 14.7. The van der Waals surface area contributed by atoms with Crippen LogP contribution in [0.2, 0.25) is 0 Å². The van der Waals surface area contributed by atoms with E-state index in [0.717, 1.165) is 5.75 Å². The third kappa shape index (κ3) is 4.80. The highest BCUT2D eigenvalue weighted by atomic mass is 32.2. The summed E-state index contributed by atoms with van der Waals surface area (Å²) in [5, 5.41) is 2.84. The molecule has 6 heteroatoms. The summed E-state index contributed by atoms with van der Waals surface area (Å²) in [7, 11) is 0. The van der Waals surface area contributed by atoms with Gasteiger partial charge in [-0.3, -0.25) is 9.59 Å². The maximum atomic E-state index is 11.6. The first-order valence-electron chi connectivity index (χ1n) is 6.06. The van der Waals surface area contributed by atoms with Gasteiger partial charge >= 0.3 is 0 Å². The number of hydrogen-bond donors (Lipinski definition) is 1. The number of carbonyl (C=O) groups is 2. The summed E-state index contributed by atoms with van der Waals surface area (Å²) in [6.45, 7) is 0.801. The molecule has 0 spiro atoms. The predicted octanol–water partition coefficient (Wildman–Crippen LogP) is 1.43. The molecular weight excluding hydrogens is 280 g/mol. The number of hydrogen-bond acceptors (Lipinski definition) is 4. The molecule has 0 saturated carbocycles. The monoisotopic (exact) mass is 296 g/mol. The van der Waals surface area contributed by atoms with Crippen LogP contribution in [0.15, 0.2) is 35.2 Å². The summed E-state index contributed by atoms with van der Waals surface area (Å²) in [5.41, 5.74) is 0. The zero-order chi connectivity index (χ0) is 13.5. The topological polar surface area (TPSA) is 49.4 Å². The van der Waals surface area contributed by atoms with Crippen LogP contribution in [0, 0.1) is 0 Å². The molecular formula is C13H16N2O2S2. The van der Waals surface area contributed by atoms with Gasteiger partial charge in [0.2, 0.25) is 11.8 Å². The minimum atomic E-state index is -0.0792. The van der Waals surface area contributed by atoms with Crippen molar-refractivity contribution in [1.82, 2.24) is 10.2 Å². The number of nitrogens with zero attached hydrogens (tertiary/aromatic N) is 1. The smallest absolute Gasteiger partial charge is 0.239 e. The SMILES string of the molecule is O=C(CN1CSCC1=O)NCCSc1ccccc1. The molecule has 4 nitrogen and oxygen atoms in total. The van der Waals surface area contributed by atoms with E-state index < -0.39 is 0 Å². The molecule has 1 saturated heterocycles. The number of thioether (sulfide) groups is 2. The lowest BCUT2D eigenvalue weighted by Gasteiger charge is -2.13. The van der Waals surface area contributed by atoms with Gasteiger partial charge in [0.05, 0.1) is 11.6 Å². The molecule has 102 valence electrons. The molecule has 1 fully saturated rings. The van der Waals surface area contributed by atoms with Crippen molar-refractivity contribution in [2.45, 2.75) is 4.90 Å².